The van der Waals surface area contributed by atoms with E-state index in [2.05, 4.69) is 15.6 Å². The predicted octanol–water partition coefficient (Wildman–Crippen LogP) is 4.12. The molecule has 4 rings (SSSR count). The molecule has 0 saturated carbocycles. The van der Waals surface area contributed by atoms with Gasteiger partial charge in [-0.1, -0.05) is 36.4 Å². The summed E-state index contributed by atoms with van der Waals surface area (Å²) in [5, 5.41) is 17.3. The van der Waals surface area contributed by atoms with Gasteiger partial charge in [0.1, 0.15) is 5.75 Å². The van der Waals surface area contributed by atoms with Gasteiger partial charge in [0.2, 0.25) is 0 Å². The molecule has 0 unspecified atom stereocenters. The van der Waals surface area contributed by atoms with Gasteiger partial charge in [-0.05, 0) is 47.3 Å². The monoisotopic (exact) mass is 397 g/mol. The highest BCUT2D eigenvalue weighted by Crippen LogP contribution is 2.26. The second kappa shape index (κ2) is 8.45. The summed E-state index contributed by atoms with van der Waals surface area (Å²) in [6, 6.07) is 21.0. The first-order valence-corrected chi connectivity index (χ1v) is 9.40. The molecule has 0 atom stereocenters. The minimum atomic E-state index is -0.283. The van der Waals surface area contributed by atoms with Crippen LogP contribution < -0.4 is 10.6 Å². The summed E-state index contributed by atoms with van der Waals surface area (Å²) in [6.07, 6.45) is 3.21. The van der Waals surface area contributed by atoms with E-state index in [9.17, 15) is 14.7 Å². The Morgan fingerprint density at radius 3 is 2.43 bits per heavy atom. The Morgan fingerprint density at radius 2 is 1.67 bits per heavy atom. The molecule has 0 radical (unpaired) electrons. The van der Waals surface area contributed by atoms with Crippen molar-refractivity contribution in [1.29, 1.82) is 0 Å². The first-order chi connectivity index (χ1) is 14.6. The lowest BCUT2D eigenvalue weighted by molar-refractivity contribution is 0.0949. The van der Waals surface area contributed by atoms with Crippen molar-refractivity contribution in [3.8, 4) is 5.75 Å². The van der Waals surface area contributed by atoms with Crippen molar-refractivity contribution in [2.45, 2.75) is 6.54 Å². The average Bonchev–Trinajstić information content (AvgIpc) is 2.78. The second-order valence-electron chi connectivity index (χ2n) is 6.79. The number of pyridine rings is 1. The largest absolute Gasteiger partial charge is 0.507 e. The van der Waals surface area contributed by atoms with Crippen molar-refractivity contribution in [3.05, 3.63) is 102 Å². The number of hydrogen-bond donors (Lipinski definition) is 3. The molecular weight excluding hydrogens is 378 g/mol. The number of anilines is 1. The minimum absolute atomic E-state index is 0.0715. The Balaban J connectivity index is 1.39. The molecule has 6 nitrogen and oxygen atoms in total. The highest BCUT2D eigenvalue weighted by Gasteiger charge is 2.10. The summed E-state index contributed by atoms with van der Waals surface area (Å²) < 4.78 is 0. The number of carbonyl (C=O) groups excluding carboxylic acids is 2. The molecule has 3 N–H and O–H groups in total. The van der Waals surface area contributed by atoms with Crippen LogP contribution in [0.25, 0.3) is 10.8 Å². The Kier molecular flexibility index (Phi) is 5.39. The second-order valence-corrected chi connectivity index (χ2v) is 6.79. The lowest BCUT2D eigenvalue weighted by atomic mass is 10.1. The summed E-state index contributed by atoms with van der Waals surface area (Å²) in [5.41, 5.74) is 2.37. The number of aromatic nitrogens is 1. The van der Waals surface area contributed by atoms with Gasteiger partial charge in [0.15, 0.2) is 0 Å². The van der Waals surface area contributed by atoms with Gasteiger partial charge in [-0.15, -0.1) is 0 Å². The molecule has 0 aliphatic heterocycles. The van der Waals surface area contributed by atoms with Crippen LogP contribution in [0.2, 0.25) is 0 Å². The van der Waals surface area contributed by atoms with E-state index in [0.29, 0.717) is 28.7 Å². The Hall–Kier alpha value is -4.19. The maximum Gasteiger partial charge on any atom is 0.255 e. The van der Waals surface area contributed by atoms with E-state index in [4.69, 9.17) is 0 Å². The van der Waals surface area contributed by atoms with Crippen LogP contribution in [-0.2, 0) is 6.54 Å². The number of hydrogen-bond acceptors (Lipinski definition) is 4. The Labute approximate surface area is 173 Å². The highest BCUT2D eigenvalue weighted by atomic mass is 16.3. The van der Waals surface area contributed by atoms with Crippen LogP contribution >= 0.6 is 0 Å². The fraction of sp³-hybridized carbons (Fsp3) is 0.0417. The predicted molar refractivity (Wildman–Crippen MR) is 115 cm³/mol. The van der Waals surface area contributed by atoms with Crippen molar-refractivity contribution in [2.24, 2.45) is 0 Å². The maximum absolute atomic E-state index is 12.5. The molecule has 2 amide bonds. The van der Waals surface area contributed by atoms with Gasteiger partial charge >= 0.3 is 0 Å². The van der Waals surface area contributed by atoms with Crippen molar-refractivity contribution < 1.29 is 14.7 Å². The first-order valence-electron chi connectivity index (χ1n) is 9.40. The van der Waals surface area contributed by atoms with Crippen LogP contribution in [0.4, 0.5) is 5.69 Å². The number of amides is 2. The lowest BCUT2D eigenvalue weighted by Gasteiger charge is -2.09. The van der Waals surface area contributed by atoms with Crippen LogP contribution in [0, 0.1) is 0 Å². The summed E-state index contributed by atoms with van der Waals surface area (Å²) in [7, 11) is 0. The normalized spacial score (nSPS) is 10.5. The van der Waals surface area contributed by atoms with Crippen LogP contribution in [0.3, 0.4) is 0 Å². The number of phenolic OH excluding ortho intramolecular Hbond substituents is 1. The fourth-order valence-corrected chi connectivity index (χ4v) is 3.12. The molecule has 0 aliphatic rings. The average molecular weight is 397 g/mol. The van der Waals surface area contributed by atoms with Gasteiger partial charge in [0.25, 0.3) is 11.8 Å². The summed E-state index contributed by atoms with van der Waals surface area (Å²) in [5.74, 6) is -0.443. The third-order valence-electron chi connectivity index (χ3n) is 4.69. The van der Waals surface area contributed by atoms with Crippen molar-refractivity contribution in [3.63, 3.8) is 0 Å². The SMILES string of the molecule is O=C(NCc1ccc(C(=O)Nc2cccnc2)cc1)c1cc(O)c2ccccc2c1. The molecule has 1 aromatic heterocycles. The van der Waals surface area contributed by atoms with E-state index >= 15 is 0 Å². The van der Waals surface area contributed by atoms with Crippen molar-refractivity contribution in [2.75, 3.05) is 5.32 Å². The zero-order valence-electron chi connectivity index (χ0n) is 16.0. The molecule has 4 aromatic rings. The maximum atomic E-state index is 12.5. The van der Waals surface area contributed by atoms with Crippen molar-refractivity contribution in [1.82, 2.24) is 10.3 Å². The topological polar surface area (TPSA) is 91.3 Å². The third kappa shape index (κ3) is 4.28. The molecule has 30 heavy (non-hydrogen) atoms. The van der Waals surface area contributed by atoms with E-state index < -0.39 is 0 Å². The lowest BCUT2D eigenvalue weighted by Crippen LogP contribution is -2.22. The molecule has 148 valence electrons. The van der Waals surface area contributed by atoms with Crippen LogP contribution in [0.5, 0.6) is 5.75 Å². The number of fused-ring (bicyclic) bond motifs is 1. The summed E-state index contributed by atoms with van der Waals surface area (Å²) in [4.78, 5) is 28.7. The first kappa shape index (κ1) is 19.1. The number of rotatable bonds is 5. The van der Waals surface area contributed by atoms with Gasteiger partial charge in [0, 0.05) is 29.3 Å². The smallest absolute Gasteiger partial charge is 0.255 e. The van der Waals surface area contributed by atoms with Crippen LogP contribution in [0.1, 0.15) is 26.3 Å². The van der Waals surface area contributed by atoms with Gasteiger partial charge < -0.3 is 15.7 Å². The highest BCUT2D eigenvalue weighted by molar-refractivity contribution is 6.04. The van der Waals surface area contributed by atoms with Gasteiger partial charge in [-0.3, -0.25) is 14.6 Å². The molecule has 0 saturated heterocycles. The van der Waals surface area contributed by atoms with E-state index in [1.807, 2.05) is 18.2 Å². The van der Waals surface area contributed by atoms with E-state index in [1.165, 1.54) is 6.07 Å². The molecule has 3 aromatic carbocycles. The van der Waals surface area contributed by atoms with E-state index in [1.54, 1.807) is 60.9 Å². The quantitative estimate of drug-likeness (QED) is 0.472. The molecule has 0 fully saturated rings. The fourth-order valence-electron chi connectivity index (χ4n) is 3.12. The molecule has 0 bridgehead atoms. The molecule has 6 heteroatoms. The minimum Gasteiger partial charge on any atom is -0.507 e. The Bertz CT molecular complexity index is 1210. The summed E-state index contributed by atoms with van der Waals surface area (Å²) >= 11 is 0. The zero-order chi connectivity index (χ0) is 20.9. The van der Waals surface area contributed by atoms with Crippen LogP contribution in [0.15, 0.2) is 85.2 Å². The molecule has 0 spiro atoms. The standard InChI is InChI=1S/C24H19N3O3/c28-22-13-19(12-18-4-1-2-6-21(18)22)23(29)26-14-16-7-9-17(10-8-16)24(30)27-20-5-3-11-25-15-20/h1-13,15,28H,14H2,(H,26,29)(H,27,30). The number of phenols is 1. The number of benzene rings is 3. The number of nitrogens with one attached hydrogen (secondary N) is 2. The van der Waals surface area contributed by atoms with Crippen molar-refractivity contribution >= 4 is 28.3 Å². The van der Waals surface area contributed by atoms with Crippen LogP contribution in [-0.4, -0.2) is 21.9 Å². The molecular formula is C24H19N3O3. The zero-order valence-corrected chi connectivity index (χ0v) is 16.0. The van der Waals surface area contributed by atoms with E-state index in [0.717, 1.165) is 10.9 Å². The third-order valence-corrected chi connectivity index (χ3v) is 4.69. The van der Waals surface area contributed by atoms with Gasteiger partial charge in [-0.25, -0.2) is 0 Å². The summed E-state index contributed by atoms with van der Waals surface area (Å²) in [6.45, 7) is 0.303. The van der Waals surface area contributed by atoms with Gasteiger partial charge in [0.05, 0.1) is 11.9 Å². The molecule has 0 aliphatic carbocycles. The van der Waals surface area contributed by atoms with E-state index in [-0.39, 0.29) is 17.6 Å². The number of carbonyl (C=O) groups is 2. The Morgan fingerprint density at radius 1 is 0.867 bits per heavy atom. The number of nitrogens with zero attached hydrogens (tertiary/aromatic N) is 1. The molecule has 1 heterocycles. The van der Waals surface area contributed by atoms with Gasteiger partial charge in [-0.2, -0.15) is 0 Å². The number of aromatic hydroxyl groups is 1.